The van der Waals surface area contributed by atoms with E-state index in [2.05, 4.69) is 47.8 Å². The van der Waals surface area contributed by atoms with Crippen LogP contribution in [0, 0.1) is 0 Å². The highest BCUT2D eigenvalue weighted by molar-refractivity contribution is 5.88. The lowest BCUT2D eigenvalue weighted by Crippen LogP contribution is -2.38. The molecule has 5 heteroatoms. The average molecular weight is 298 g/mol. The second-order valence-electron chi connectivity index (χ2n) is 6.50. The largest absolute Gasteiger partial charge is 0.331 e. The summed E-state index contributed by atoms with van der Waals surface area (Å²) < 4.78 is 1.64. The van der Waals surface area contributed by atoms with Crippen molar-refractivity contribution in [1.82, 2.24) is 15.1 Å². The number of amides is 2. The van der Waals surface area contributed by atoms with E-state index in [1.807, 2.05) is 6.07 Å². The van der Waals surface area contributed by atoms with E-state index in [1.54, 1.807) is 24.0 Å². The van der Waals surface area contributed by atoms with Crippen LogP contribution in [-0.2, 0) is 12.5 Å². The van der Waals surface area contributed by atoms with Crippen LogP contribution in [0.25, 0.3) is 0 Å². The van der Waals surface area contributed by atoms with Crippen molar-refractivity contribution >= 4 is 11.8 Å². The molecular formula is C17H22N4O. The number of carbonyl (C=O) groups is 1. The van der Waals surface area contributed by atoms with E-state index in [-0.39, 0.29) is 17.5 Å². The molecule has 0 aliphatic heterocycles. The molecule has 1 heterocycles. The normalized spacial score (nSPS) is 19.3. The Morgan fingerprint density at radius 3 is 2.82 bits per heavy atom. The number of urea groups is 1. The molecule has 0 radical (unpaired) electrons. The Hall–Kier alpha value is -2.30. The molecule has 0 bridgehead atoms. The predicted octanol–water partition coefficient (Wildman–Crippen LogP) is 3.35. The number of hydrogen-bond acceptors (Lipinski definition) is 2. The van der Waals surface area contributed by atoms with Gasteiger partial charge in [0, 0.05) is 13.1 Å². The van der Waals surface area contributed by atoms with Gasteiger partial charge in [-0.15, -0.1) is 0 Å². The number of fused-ring (bicyclic) bond motifs is 1. The van der Waals surface area contributed by atoms with Crippen LogP contribution in [0.1, 0.15) is 43.9 Å². The number of carbonyl (C=O) groups excluding carboxylic acids is 1. The molecule has 0 fully saturated rings. The van der Waals surface area contributed by atoms with Crippen molar-refractivity contribution in [2.75, 3.05) is 5.32 Å². The quantitative estimate of drug-likeness (QED) is 0.893. The fourth-order valence-corrected chi connectivity index (χ4v) is 3.17. The number of nitrogens with zero attached hydrogens (tertiary/aromatic N) is 2. The molecule has 2 aromatic rings. The lowest BCUT2D eigenvalue weighted by molar-refractivity contribution is 0.244. The maximum Gasteiger partial charge on any atom is 0.320 e. The maximum atomic E-state index is 12.2. The van der Waals surface area contributed by atoms with Gasteiger partial charge in [-0.2, -0.15) is 5.10 Å². The Balaban J connectivity index is 1.76. The van der Waals surface area contributed by atoms with Crippen LogP contribution in [0.5, 0.6) is 0 Å². The summed E-state index contributed by atoms with van der Waals surface area (Å²) in [6.45, 7) is 4.52. The van der Waals surface area contributed by atoms with E-state index >= 15 is 0 Å². The van der Waals surface area contributed by atoms with Crippen LogP contribution >= 0.6 is 0 Å². The molecule has 2 N–H and O–H groups in total. The molecule has 116 valence electrons. The Kier molecular flexibility index (Phi) is 3.64. The van der Waals surface area contributed by atoms with Crippen LogP contribution in [0.4, 0.5) is 10.6 Å². The van der Waals surface area contributed by atoms with Gasteiger partial charge in [-0.05, 0) is 29.4 Å². The first kappa shape index (κ1) is 14.6. The van der Waals surface area contributed by atoms with Gasteiger partial charge in [0.15, 0.2) is 0 Å². The molecule has 3 rings (SSSR count). The Morgan fingerprint density at radius 2 is 2.09 bits per heavy atom. The summed E-state index contributed by atoms with van der Waals surface area (Å²) in [5.74, 6) is 0.682. The van der Waals surface area contributed by atoms with E-state index in [0.717, 1.165) is 12.8 Å². The average Bonchev–Trinajstić information content (AvgIpc) is 2.88. The molecule has 0 saturated carbocycles. The second kappa shape index (κ2) is 5.48. The zero-order valence-corrected chi connectivity index (χ0v) is 13.3. The number of aryl methyl sites for hydroxylation is 1. The lowest BCUT2D eigenvalue weighted by Gasteiger charge is -2.37. The lowest BCUT2D eigenvalue weighted by atomic mass is 9.71. The first-order valence-electron chi connectivity index (χ1n) is 7.62. The van der Waals surface area contributed by atoms with Crippen LogP contribution in [0.2, 0.25) is 0 Å². The molecule has 0 spiro atoms. The summed E-state index contributed by atoms with van der Waals surface area (Å²) in [6, 6.07) is 10.0. The van der Waals surface area contributed by atoms with Gasteiger partial charge in [0.2, 0.25) is 0 Å². The molecule has 1 aromatic carbocycles. The van der Waals surface area contributed by atoms with Crippen molar-refractivity contribution in [3.63, 3.8) is 0 Å². The maximum absolute atomic E-state index is 12.2. The highest BCUT2D eigenvalue weighted by atomic mass is 16.2. The standard InChI is InChI=1S/C17H22N4O/c1-17(2)10-8-14(12-6-4-5-7-13(12)17)19-16(22)20-15-9-11-18-21(15)3/h4-7,9,11,14H,8,10H2,1-3H3,(H2,19,20,22). The first-order valence-corrected chi connectivity index (χ1v) is 7.62. The molecule has 5 nitrogen and oxygen atoms in total. The minimum atomic E-state index is -0.192. The monoisotopic (exact) mass is 298 g/mol. The van der Waals surface area contributed by atoms with E-state index in [1.165, 1.54) is 11.1 Å². The SMILES string of the molecule is Cn1nccc1NC(=O)NC1CCC(C)(C)c2ccccc21. The van der Waals surface area contributed by atoms with Gasteiger partial charge >= 0.3 is 6.03 Å². The zero-order valence-electron chi connectivity index (χ0n) is 13.3. The molecule has 0 saturated heterocycles. The highest BCUT2D eigenvalue weighted by Gasteiger charge is 2.32. The highest BCUT2D eigenvalue weighted by Crippen LogP contribution is 2.41. The minimum Gasteiger partial charge on any atom is -0.331 e. The third-order valence-corrected chi connectivity index (χ3v) is 4.49. The Labute approximate surface area is 130 Å². The fraction of sp³-hybridized carbons (Fsp3) is 0.412. The number of anilines is 1. The Morgan fingerprint density at radius 1 is 1.32 bits per heavy atom. The van der Waals surface area contributed by atoms with Crippen LogP contribution in [0.3, 0.4) is 0 Å². The van der Waals surface area contributed by atoms with Crippen molar-refractivity contribution < 1.29 is 4.79 Å². The van der Waals surface area contributed by atoms with E-state index in [0.29, 0.717) is 5.82 Å². The van der Waals surface area contributed by atoms with Gasteiger partial charge in [0.05, 0.1) is 12.2 Å². The van der Waals surface area contributed by atoms with Gasteiger partial charge in [-0.1, -0.05) is 38.1 Å². The molecule has 22 heavy (non-hydrogen) atoms. The van der Waals surface area contributed by atoms with Crippen LogP contribution < -0.4 is 10.6 Å². The summed E-state index contributed by atoms with van der Waals surface area (Å²) in [5.41, 5.74) is 2.71. The topological polar surface area (TPSA) is 59.0 Å². The number of hydrogen-bond donors (Lipinski definition) is 2. The minimum absolute atomic E-state index is 0.0532. The Bertz CT molecular complexity index is 689. The van der Waals surface area contributed by atoms with Crippen LogP contribution in [-0.4, -0.2) is 15.8 Å². The van der Waals surface area contributed by atoms with Gasteiger partial charge in [0.25, 0.3) is 0 Å². The van der Waals surface area contributed by atoms with E-state index in [4.69, 9.17) is 0 Å². The van der Waals surface area contributed by atoms with Crippen molar-refractivity contribution in [3.8, 4) is 0 Å². The van der Waals surface area contributed by atoms with Crippen molar-refractivity contribution in [2.24, 2.45) is 7.05 Å². The predicted molar refractivity (Wildman–Crippen MR) is 86.8 cm³/mol. The van der Waals surface area contributed by atoms with Gasteiger partial charge in [-0.3, -0.25) is 10.00 Å². The second-order valence-corrected chi connectivity index (χ2v) is 6.50. The van der Waals surface area contributed by atoms with Gasteiger partial charge in [0.1, 0.15) is 5.82 Å². The molecular weight excluding hydrogens is 276 g/mol. The van der Waals surface area contributed by atoms with E-state index in [9.17, 15) is 4.79 Å². The van der Waals surface area contributed by atoms with Crippen LogP contribution in [0.15, 0.2) is 36.5 Å². The summed E-state index contributed by atoms with van der Waals surface area (Å²) in [7, 11) is 1.80. The summed E-state index contributed by atoms with van der Waals surface area (Å²) >= 11 is 0. The zero-order chi connectivity index (χ0) is 15.7. The third-order valence-electron chi connectivity index (χ3n) is 4.49. The smallest absolute Gasteiger partial charge is 0.320 e. The van der Waals surface area contributed by atoms with Crippen molar-refractivity contribution in [1.29, 1.82) is 0 Å². The van der Waals surface area contributed by atoms with Crippen molar-refractivity contribution in [2.45, 2.75) is 38.1 Å². The molecule has 1 atom stereocenters. The first-order chi connectivity index (χ1) is 10.5. The molecule has 1 aliphatic carbocycles. The summed E-state index contributed by atoms with van der Waals surface area (Å²) in [5, 5.41) is 9.97. The number of nitrogens with one attached hydrogen (secondary N) is 2. The summed E-state index contributed by atoms with van der Waals surface area (Å²) in [6.07, 6.45) is 3.66. The van der Waals surface area contributed by atoms with Gasteiger partial charge < -0.3 is 5.32 Å². The summed E-state index contributed by atoms with van der Waals surface area (Å²) in [4.78, 5) is 12.2. The molecule has 1 unspecified atom stereocenters. The molecule has 1 aromatic heterocycles. The van der Waals surface area contributed by atoms with Gasteiger partial charge in [-0.25, -0.2) is 4.79 Å². The number of aromatic nitrogens is 2. The molecule has 1 aliphatic rings. The van der Waals surface area contributed by atoms with E-state index < -0.39 is 0 Å². The van der Waals surface area contributed by atoms with Crippen molar-refractivity contribution in [3.05, 3.63) is 47.7 Å². The fourth-order valence-electron chi connectivity index (χ4n) is 3.17. The number of rotatable bonds is 2. The molecule has 2 amide bonds. The third kappa shape index (κ3) is 2.71. The number of benzene rings is 1.